The van der Waals surface area contributed by atoms with Crippen LogP contribution < -0.4 is 5.32 Å². The van der Waals surface area contributed by atoms with E-state index in [4.69, 9.17) is 5.26 Å². The van der Waals surface area contributed by atoms with Crippen LogP contribution in [0.15, 0.2) is 0 Å². The smallest absolute Gasteiger partial charge is 0.235 e. The van der Waals surface area contributed by atoms with Crippen LogP contribution in [0.4, 0.5) is 0 Å². The number of nitrogens with zero attached hydrogens (tertiary/aromatic N) is 2. The third kappa shape index (κ3) is 2.70. The lowest BCUT2D eigenvalue weighted by molar-refractivity contribution is -0.140. The summed E-state index contributed by atoms with van der Waals surface area (Å²) in [7, 11) is 0. The molecule has 0 radical (unpaired) electrons. The average molecular weight is 249 g/mol. The summed E-state index contributed by atoms with van der Waals surface area (Å²) in [4.78, 5) is 25.0. The van der Waals surface area contributed by atoms with Gasteiger partial charge in [-0.2, -0.15) is 5.26 Å². The first kappa shape index (κ1) is 13.0. The van der Waals surface area contributed by atoms with Crippen molar-refractivity contribution in [3.8, 4) is 6.07 Å². The van der Waals surface area contributed by atoms with Gasteiger partial charge in [0.15, 0.2) is 0 Å². The molecule has 1 atom stereocenters. The number of likely N-dealkylation sites (tertiary alicyclic amines) is 1. The van der Waals surface area contributed by atoms with Crippen molar-refractivity contribution in [1.29, 1.82) is 5.26 Å². The van der Waals surface area contributed by atoms with Crippen molar-refractivity contribution in [2.24, 2.45) is 5.41 Å². The predicted octanol–water partition coefficient (Wildman–Crippen LogP) is 0.806. The zero-order chi connectivity index (χ0) is 13.3. The minimum absolute atomic E-state index is 0.115. The Labute approximate surface area is 107 Å². The van der Waals surface area contributed by atoms with Gasteiger partial charge in [-0.1, -0.05) is 13.8 Å². The number of carbonyl (C=O) groups is 2. The fourth-order valence-corrected chi connectivity index (χ4v) is 2.23. The molecule has 2 fully saturated rings. The van der Waals surface area contributed by atoms with Gasteiger partial charge in [-0.15, -0.1) is 0 Å². The Morgan fingerprint density at radius 3 is 2.61 bits per heavy atom. The van der Waals surface area contributed by atoms with E-state index in [1.807, 2.05) is 0 Å². The van der Waals surface area contributed by atoms with E-state index in [1.54, 1.807) is 13.8 Å². The van der Waals surface area contributed by atoms with Crippen LogP contribution in [0.3, 0.4) is 0 Å². The Bertz CT molecular complexity index is 407. The normalized spacial score (nSPS) is 24.2. The lowest BCUT2D eigenvalue weighted by Gasteiger charge is -2.19. The van der Waals surface area contributed by atoms with Crippen molar-refractivity contribution in [2.75, 3.05) is 6.54 Å². The molecule has 2 rings (SSSR count). The van der Waals surface area contributed by atoms with E-state index in [0.717, 1.165) is 12.8 Å². The Kier molecular flexibility index (Phi) is 3.40. The van der Waals surface area contributed by atoms with Crippen LogP contribution in [0.1, 0.15) is 39.5 Å². The summed E-state index contributed by atoms with van der Waals surface area (Å²) in [6.45, 7) is 3.92. The maximum absolute atomic E-state index is 12.0. The highest BCUT2D eigenvalue weighted by Crippen LogP contribution is 2.31. The van der Waals surface area contributed by atoms with E-state index in [0.29, 0.717) is 19.0 Å². The molecule has 0 aromatic carbocycles. The zero-order valence-corrected chi connectivity index (χ0v) is 10.9. The Balaban J connectivity index is 1.87. The monoisotopic (exact) mass is 249 g/mol. The molecule has 18 heavy (non-hydrogen) atoms. The van der Waals surface area contributed by atoms with E-state index < -0.39 is 5.41 Å². The first-order valence-corrected chi connectivity index (χ1v) is 6.44. The van der Waals surface area contributed by atoms with Gasteiger partial charge >= 0.3 is 0 Å². The maximum Gasteiger partial charge on any atom is 0.235 e. The molecule has 0 bridgehead atoms. The number of nitrogens with one attached hydrogen (secondary N) is 1. The number of hydrogen-bond donors (Lipinski definition) is 1. The molecule has 5 nitrogen and oxygen atoms in total. The molecule has 1 heterocycles. The van der Waals surface area contributed by atoms with E-state index in [1.165, 1.54) is 4.90 Å². The number of carbonyl (C=O) groups excluding carboxylic acids is 2. The third-order valence-electron chi connectivity index (χ3n) is 3.53. The van der Waals surface area contributed by atoms with Crippen molar-refractivity contribution < 1.29 is 9.59 Å². The molecule has 0 aromatic heterocycles. The number of hydrogen-bond acceptors (Lipinski definition) is 4. The van der Waals surface area contributed by atoms with E-state index in [9.17, 15) is 9.59 Å². The van der Waals surface area contributed by atoms with E-state index in [2.05, 4.69) is 11.4 Å². The van der Waals surface area contributed by atoms with Gasteiger partial charge in [-0.25, -0.2) is 0 Å². The molecular weight excluding hydrogens is 230 g/mol. The van der Waals surface area contributed by atoms with Gasteiger partial charge in [0, 0.05) is 19.0 Å². The molecule has 0 aromatic rings. The fraction of sp³-hybridized carbons (Fsp3) is 0.769. The summed E-state index contributed by atoms with van der Waals surface area (Å²) in [5.41, 5.74) is -0.580. The molecular formula is C13H19N3O2. The van der Waals surface area contributed by atoms with Crippen molar-refractivity contribution in [3.05, 3.63) is 0 Å². The Morgan fingerprint density at radius 1 is 1.50 bits per heavy atom. The molecule has 1 aliphatic carbocycles. The molecule has 1 saturated carbocycles. The summed E-state index contributed by atoms with van der Waals surface area (Å²) >= 11 is 0. The quantitative estimate of drug-likeness (QED) is 0.732. The molecule has 2 amide bonds. The van der Waals surface area contributed by atoms with Crippen molar-refractivity contribution >= 4 is 11.8 Å². The van der Waals surface area contributed by atoms with Crippen LogP contribution in [-0.4, -0.2) is 35.3 Å². The first-order valence-electron chi connectivity index (χ1n) is 6.44. The van der Waals surface area contributed by atoms with Gasteiger partial charge in [0.2, 0.25) is 11.8 Å². The first-order chi connectivity index (χ1) is 8.44. The van der Waals surface area contributed by atoms with Crippen LogP contribution in [0.25, 0.3) is 0 Å². The van der Waals surface area contributed by atoms with Gasteiger partial charge < -0.3 is 0 Å². The van der Waals surface area contributed by atoms with Crippen LogP contribution in [0, 0.1) is 16.7 Å². The van der Waals surface area contributed by atoms with Gasteiger partial charge in [0.25, 0.3) is 0 Å². The van der Waals surface area contributed by atoms with Gasteiger partial charge in [0.05, 0.1) is 17.5 Å². The van der Waals surface area contributed by atoms with Gasteiger partial charge in [0.1, 0.15) is 0 Å². The van der Waals surface area contributed by atoms with Crippen molar-refractivity contribution in [3.63, 3.8) is 0 Å². The number of nitriles is 1. The lowest BCUT2D eigenvalue weighted by atomic mass is 9.92. The highest BCUT2D eigenvalue weighted by Gasteiger charge is 2.44. The molecule has 0 spiro atoms. The van der Waals surface area contributed by atoms with Crippen LogP contribution in [0.5, 0.6) is 0 Å². The number of imide groups is 1. The van der Waals surface area contributed by atoms with Crippen molar-refractivity contribution in [2.45, 2.75) is 51.6 Å². The minimum atomic E-state index is -0.580. The highest BCUT2D eigenvalue weighted by atomic mass is 16.2. The second-order valence-electron chi connectivity index (χ2n) is 5.82. The molecule has 98 valence electrons. The zero-order valence-electron chi connectivity index (χ0n) is 10.9. The van der Waals surface area contributed by atoms with Gasteiger partial charge in [-0.05, 0) is 19.3 Å². The second-order valence-corrected chi connectivity index (χ2v) is 5.82. The topological polar surface area (TPSA) is 73.2 Å². The minimum Gasteiger partial charge on any atom is -0.299 e. The maximum atomic E-state index is 12.0. The number of rotatable bonds is 5. The SMILES string of the molecule is CC1(C)CC(=O)N(CCC(C#N)NC2CC2)C1=O. The van der Waals surface area contributed by atoms with E-state index in [-0.39, 0.29) is 24.3 Å². The second kappa shape index (κ2) is 4.69. The molecule has 1 aliphatic heterocycles. The van der Waals surface area contributed by atoms with Crippen LogP contribution in [0.2, 0.25) is 0 Å². The fourth-order valence-electron chi connectivity index (χ4n) is 2.23. The molecule has 1 N–H and O–H groups in total. The lowest BCUT2D eigenvalue weighted by Crippen LogP contribution is -2.38. The third-order valence-corrected chi connectivity index (χ3v) is 3.53. The Hall–Kier alpha value is -1.41. The number of amides is 2. The summed E-state index contributed by atoms with van der Waals surface area (Å²) in [5.74, 6) is -0.233. The summed E-state index contributed by atoms with van der Waals surface area (Å²) in [5, 5.41) is 12.2. The highest BCUT2D eigenvalue weighted by molar-refractivity contribution is 6.05. The summed E-state index contributed by atoms with van der Waals surface area (Å²) < 4.78 is 0. The molecule has 2 aliphatic rings. The van der Waals surface area contributed by atoms with Crippen LogP contribution in [-0.2, 0) is 9.59 Å². The van der Waals surface area contributed by atoms with Crippen molar-refractivity contribution in [1.82, 2.24) is 10.2 Å². The van der Waals surface area contributed by atoms with Gasteiger partial charge in [-0.3, -0.25) is 19.8 Å². The Morgan fingerprint density at radius 2 is 2.17 bits per heavy atom. The largest absolute Gasteiger partial charge is 0.299 e. The summed E-state index contributed by atoms with van der Waals surface area (Å²) in [6, 6.07) is 2.38. The molecule has 5 heteroatoms. The van der Waals surface area contributed by atoms with E-state index >= 15 is 0 Å². The average Bonchev–Trinajstić information content (AvgIpc) is 3.07. The molecule has 1 saturated heterocycles. The molecule has 1 unspecified atom stereocenters. The summed E-state index contributed by atoms with van der Waals surface area (Å²) in [6.07, 6.45) is 3.03. The van der Waals surface area contributed by atoms with Crippen LogP contribution >= 0.6 is 0 Å². The standard InChI is InChI=1S/C13H19N3O2/c1-13(2)7-11(17)16(12(13)18)6-5-10(8-14)15-9-3-4-9/h9-10,15H,3-7H2,1-2H3. The predicted molar refractivity (Wildman–Crippen MR) is 65.3 cm³/mol.